The third-order valence-corrected chi connectivity index (χ3v) is 7.33. The summed E-state index contributed by atoms with van der Waals surface area (Å²) in [7, 11) is 0. The van der Waals surface area contributed by atoms with E-state index in [0.717, 1.165) is 6.42 Å². The second kappa shape index (κ2) is 6.39. The molecule has 1 amide bonds. The first-order valence-corrected chi connectivity index (χ1v) is 10.9. The first kappa shape index (κ1) is 17.0. The molecule has 1 unspecified atom stereocenters. The number of likely N-dealkylation sites (tertiary alicyclic amines) is 1. The number of carbonyl (C=O) groups is 1. The molecule has 0 saturated carbocycles. The Kier molecular flexibility index (Phi) is 4.93. The monoisotopic (exact) mass is 373 g/mol. The number of amides is 1. The van der Waals surface area contributed by atoms with E-state index in [9.17, 15) is 12.5 Å². The molecule has 0 N–H and O–H groups in total. The molecule has 1 aliphatic rings. The Bertz CT molecular complexity index is 619. The fourth-order valence-electron chi connectivity index (χ4n) is 2.55. The molecule has 22 heavy (non-hydrogen) atoms. The Balaban J connectivity index is 2.10. The van der Waals surface area contributed by atoms with E-state index in [4.69, 9.17) is 4.74 Å². The van der Waals surface area contributed by atoms with E-state index >= 15 is 0 Å². The van der Waals surface area contributed by atoms with Crippen molar-refractivity contribution in [3.63, 3.8) is 0 Å². The Morgan fingerprint density at radius 1 is 1.27 bits per heavy atom. The van der Waals surface area contributed by atoms with Crippen LogP contribution < -0.4 is 4.46 Å². The van der Waals surface area contributed by atoms with Gasteiger partial charge in [-0.1, -0.05) is 0 Å². The van der Waals surface area contributed by atoms with Crippen molar-refractivity contribution < 1.29 is 17.2 Å². The summed E-state index contributed by atoms with van der Waals surface area (Å²) < 4.78 is 30.8. The minimum absolute atomic E-state index is 0.0136. The van der Waals surface area contributed by atoms with Crippen molar-refractivity contribution in [2.24, 2.45) is 0 Å². The molecule has 2 rings (SSSR count). The van der Waals surface area contributed by atoms with Crippen LogP contribution in [0.4, 0.5) is 4.79 Å². The number of ether oxygens (including phenoxy) is 1. The predicted octanol–water partition coefficient (Wildman–Crippen LogP) is 2.60. The van der Waals surface area contributed by atoms with Gasteiger partial charge < -0.3 is 0 Å². The van der Waals surface area contributed by atoms with Gasteiger partial charge in [-0.3, -0.25) is 0 Å². The average molecular weight is 372 g/mol. The maximum absolute atomic E-state index is 12.5. The van der Waals surface area contributed by atoms with Crippen molar-refractivity contribution in [2.45, 2.75) is 50.6 Å². The van der Waals surface area contributed by atoms with Crippen molar-refractivity contribution in [3.05, 3.63) is 30.3 Å². The molecule has 5 nitrogen and oxygen atoms in total. The van der Waals surface area contributed by atoms with Crippen molar-refractivity contribution in [2.75, 3.05) is 6.54 Å². The summed E-state index contributed by atoms with van der Waals surface area (Å²) in [6, 6.07) is 8.18. The molecule has 1 atom stereocenters. The fourth-order valence-corrected chi connectivity index (χ4v) is 5.94. The van der Waals surface area contributed by atoms with Gasteiger partial charge in [0.25, 0.3) is 0 Å². The van der Waals surface area contributed by atoms with Crippen molar-refractivity contribution >= 4 is 23.3 Å². The van der Waals surface area contributed by atoms with Crippen molar-refractivity contribution in [1.82, 2.24) is 4.90 Å². The third-order valence-electron chi connectivity index (χ3n) is 3.52. The van der Waals surface area contributed by atoms with Gasteiger partial charge in [-0.25, -0.2) is 0 Å². The van der Waals surface area contributed by atoms with Crippen LogP contribution in [0.15, 0.2) is 30.3 Å². The molecule has 1 aromatic rings. The molecular formula is C16H23NO4Se. The van der Waals surface area contributed by atoms with Crippen LogP contribution in [-0.4, -0.2) is 41.9 Å². The molecule has 0 bridgehead atoms. The molecule has 1 saturated heterocycles. The van der Waals surface area contributed by atoms with Crippen molar-refractivity contribution in [1.29, 1.82) is 0 Å². The van der Waals surface area contributed by atoms with Gasteiger partial charge in [-0.2, -0.15) is 0 Å². The summed E-state index contributed by atoms with van der Waals surface area (Å²) >= 11 is -4.24. The normalized spacial score (nSPS) is 19.2. The SMILES string of the molecule is CC(C)(C)OC(=O)N1CCCC1C[Se](=O)(=O)c1ccccc1. The summed E-state index contributed by atoms with van der Waals surface area (Å²) in [4.78, 5) is 13.8. The van der Waals surface area contributed by atoms with E-state index in [1.165, 1.54) is 0 Å². The summed E-state index contributed by atoms with van der Waals surface area (Å²) in [5, 5.41) is 0.0136. The molecule has 0 radical (unpaired) electrons. The van der Waals surface area contributed by atoms with Crippen LogP contribution in [0.5, 0.6) is 0 Å². The van der Waals surface area contributed by atoms with Crippen LogP contribution in [0.2, 0.25) is 5.32 Å². The summed E-state index contributed by atoms with van der Waals surface area (Å²) in [6.45, 7) is 5.98. The van der Waals surface area contributed by atoms with Crippen LogP contribution in [0.3, 0.4) is 0 Å². The van der Waals surface area contributed by atoms with Crippen LogP contribution >= 0.6 is 0 Å². The van der Waals surface area contributed by atoms with E-state index < -0.39 is 24.4 Å². The third kappa shape index (κ3) is 4.31. The topological polar surface area (TPSA) is 63.7 Å². The van der Waals surface area contributed by atoms with E-state index in [-0.39, 0.29) is 11.4 Å². The zero-order valence-electron chi connectivity index (χ0n) is 13.3. The Hall–Kier alpha value is -1.39. The van der Waals surface area contributed by atoms with E-state index in [2.05, 4.69) is 0 Å². The second-order valence-electron chi connectivity index (χ2n) is 6.56. The van der Waals surface area contributed by atoms with E-state index in [0.29, 0.717) is 17.4 Å². The van der Waals surface area contributed by atoms with Gasteiger partial charge >= 0.3 is 133 Å². The summed E-state index contributed by atoms with van der Waals surface area (Å²) in [6.07, 6.45) is 1.10. The number of hydrogen-bond acceptors (Lipinski definition) is 4. The Morgan fingerprint density at radius 3 is 2.50 bits per heavy atom. The zero-order valence-corrected chi connectivity index (χ0v) is 15.0. The number of rotatable bonds is 3. The molecule has 0 aromatic heterocycles. The molecule has 0 spiro atoms. The van der Waals surface area contributed by atoms with Gasteiger partial charge in [0.15, 0.2) is 0 Å². The minimum atomic E-state index is -4.24. The number of benzene rings is 1. The number of hydrogen-bond donors (Lipinski definition) is 0. The molecule has 1 aliphatic heterocycles. The zero-order chi connectivity index (χ0) is 16.4. The Labute approximate surface area is 133 Å². The summed E-state index contributed by atoms with van der Waals surface area (Å²) in [5.41, 5.74) is -0.575. The molecule has 122 valence electrons. The van der Waals surface area contributed by atoms with Crippen LogP contribution in [0, 0.1) is 0 Å². The summed E-state index contributed by atoms with van der Waals surface area (Å²) in [5.74, 6) is 0. The van der Waals surface area contributed by atoms with Gasteiger partial charge in [0.05, 0.1) is 0 Å². The standard InChI is InChI=1S/C16H23NO4Se/c1-16(2,3)21-15(18)17-11-7-8-13(17)12-22(19,20)14-9-5-4-6-10-14/h4-6,9-10,13H,7-8,11-12H2,1-3H3. The van der Waals surface area contributed by atoms with Crippen LogP contribution in [0.1, 0.15) is 33.6 Å². The number of carbonyl (C=O) groups excluding carboxylic acids is 1. The Morgan fingerprint density at radius 2 is 1.91 bits per heavy atom. The van der Waals surface area contributed by atoms with E-state index in [1.807, 2.05) is 0 Å². The van der Waals surface area contributed by atoms with Crippen molar-refractivity contribution in [3.8, 4) is 0 Å². The maximum atomic E-state index is 12.5. The second-order valence-corrected chi connectivity index (χ2v) is 10.8. The molecule has 1 heterocycles. The predicted molar refractivity (Wildman–Crippen MR) is 84.0 cm³/mol. The quantitative estimate of drug-likeness (QED) is 0.765. The molecule has 0 aliphatic carbocycles. The van der Waals surface area contributed by atoms with E-state index in [1.54, 1.807) is 56.0 Å². The molecule has 1 fully saturated rings. The van der Waals surface area contributed by atoms with Crippen LogP contribution in [-0.2, 0) is 12.4 Å². The molecule has 1 aromatic carbocycles. The molecule has 6 heteroatoms. The van der Waals surface area contributed by atoms with Gasteiger partial charge in [-0.05, 0) is 0 Å². The first-order chi connectivity index (χ1) is 10.2. The average Bonchev–Trinajstić information content (AvgIpc) is 2.85. The first-order valence-electron chi connectivity index (χ1n) is 7.46. The van der Waals surface area contributed by atoms with Gasteiger partial charge in [-0.15, -0.1) is 0 Å². The molecular weight excluding hydrogens is 349 g/mol. The fraction of sp³-hybridized carbons (Fsp3) is 0.562. The van der Waals surface area contributed by atoms with Crippen LogP contribution in [0.25, 0.3) is 0 Å². The number of nitrogens with zero attached hydrogens (tertiary/aromatic N) is 1. The van der Waals surface area contributed by atoms with Gasteiger partial charge in [0.1, 0.15) is 0 Å². The van der Waals surface area contributed by atoms with Gasteiger partial charge in [0, 0.05) is 0 Å². The van der Waals surface area contributed by atoms with Gasteiger partial charge in [0.2, 0.25) is 0 Å².